The Morgan fingerprint density at radius 2 is 1.81 bits per heavy atom. The fourth-order valence-electron chi connectivity index (χ4n) is 2.00. The molecule has 5 nitrogen and oxygen atoms in total. The van der Waals surface area contributed by atoms with E-state index in [1.165, 1.54) is 12.3 Å². The third-order valence-corrected chi connectivity index (χ3v) is 4.42. The first-order valence-corrected chi connectivity index (χ1v) is 7.84. The average molecular weight is 299 g/mol. The number of anilines is 1. The molecule has 3 rings (SSSR count). The van der Waals surface area contributed by atoms with Gasteiger partial charge in [0.25, 0.3) is 10.0 Å². The molecule has 0 amide bonds. The first-order valence-electron chi connectivity index (χ1n) is 6.35. The molecule has 3 aromatic rings. The van der Waals surface area contributed by atoms with Gasteiger partial charge in [0, 0.05) is 23.5 Å². The lowest BCUT2D eigenvalue weighted by Gasteiger charge is -2.10. The van der Waals surface area contributed by atoms with Crippen LogP contribution in [0.15, 0.2) is 59.8 Å². The van der Waals surface area contributed by atoms with Crippen molar-refractivity contribution in [3.8, 4) is 0 Å². The molecule has 0 saturated carbocycles. The Hall–Kier alpha value is -2.47. The lowest BCUT2D eigenvalue weighted by Crippen LogP contribution is -2.13. The molecule has 0 aliphatic rings. The summed E-state index contributed by atoms with van der Waals surface area (Å²) >= 11 is 0. The van der Waals surface area contributed by atoms with Crippen LogP contribution in [0.25, 0.3) is 10.9 Å². The summed E-state index contributed by atoms with van der Waals surface area (Å²) in [4.78, 5) is 8.37. The van der Waals surface area contributed by atoms with Crippen LogP contribution in [0.3, 0.4) is 0 Å². The molecule has 0 atom stereocenters. The van der Waals surface area contributed by atoms with E-state index in [2.05, 4.69) is 14.7 Å². The summed E-state index contributed by atoms with van der Waals surface area (Å²) in [5.41, 5.74) is 1.83. The van der Waals surface area contributed by atoms with Crippen molar-refractivity contribution >= 4 is 26.6 Å². The smallest absolute Gasteiger partial charge is 0.263 e. The highest BCUT2D eigenvalue weighted by molar-refractivity contribution is 7.92. The predicted octanol–water partition coefficient (Wildman–Crippen LogP) is 2.74. The van der Waals surface area contributed by atoms with E-state index >= 15 is 0 Å². The van der Waals surface area contributed by atoms with E-state index in [1.807, 2.05) is 18.2 Å². The largest absolute Gasteiger partial charge is 0.277 e. The van der Waals surface area contributed by atoms with Gasteiger partial charge in [-0.05, 0) is 31.2 Å². The summed E-state index contributed by atoms with van der Waals surface area (Å²) in [6.07, 6.45) is 2.98. The van der Waals surface area contributed by atoms with Crippen molar-refractivity contribution < 1.29 is 8.42 Å². The zero-order chi connectivity index (χ0) is 14.9. The SMILES string of the molecule is Cc1ccc(S(=O)(=O)Nc2cccc3cccnc23)cn1. The predicted molar refractivity (Wildman–Crippen MR) is 81.5 cm³/mol. The maximum absolute atomic E-state index is 12.4. The van der Waals surface area contributed by atoms with Gasteiger partial charge in [-0.25, -0.2) is 8.42 Å². The fourth-order valence-corrected chi connectivity index (χ4v) is 3.01. The Balaban J connectivity index is 2.03. The van der Waals surface area contributed by atoms with Gasteiger partial charge in [0.2, 0.25) is 0 Å². The van der Waals surface area contributed by atoms with Gasteiger partial charge in [-0.15, -0.1) is 0 Å². The molecule has 2 heterocycles. The second-order valence-electron chi connectivity index (χ2n) is 4.62. The molecule has 0 aliphatic heterocycles. The molecule has 1 N–H and O–H groups in total. The summed E-state index contributed by atoms with van der Waals surface area (Å²) in [7, 11) is -3.67. The zero-order valence-corrected chi connectivity index (χ0v) is 12.1. The molecular weight excluding hydrogens is 286 g/mol. The monoisotopic (exact) mass is 299 g/mol. The molecule has 0 aliphatic carbocycles. The van der Waals surface area contributed by atoms with E-state index in [-0.39, 0.29) is 4.90 Å². The van der Waals surface area contributed by atoms with Crippen LogP contribution in [0.4, 0.5) is 5.69 Å². The van der Waals surface area contributed by atoms with Crippen LogP contribution in [0.2, 0.25) is 0 Å². The molecule has 106 valence electrons. The number of para-hydroxylation sites is 1. The number of rotatable bonds is 3. The van der Waals surface area contributed by atoms with Crippen molar-refractivity contribution in [2.75, 3.05) is 4.72 Å². The van der Waals surface area contributed by atoms with Crippen molar-refractivity contribution in [3.63, 3.8) is 0 Å². The van der Waals surface area contributed by atoms with E-state index in [1.54, 1.807) is 31.3 Å². The van der Waals surface area contributed by atoms with Gasteiger partial charge in [-0.3, -0.25) is 14.7 Å². The van der Waals surface area contributed by atoms with E-state index in [9.17, 15) is 8.42 Å². The van der Waals surface area contributed by atoms with Crippen molar-refractivity contribution in [2.45, 2.75) is 11.8 Å². The highest BCUT2D eigenvalue weighted by Crippen LogP contribution is 2.23. The Morgan fingerprint density at radius 1 is 1.00 bits per heavy atom. The van der Waals surface area contributed by atoms with E-state index < -0.39 is 10.0 Å². The number of fused-ring (bicyclic) bond motifs is 1. The van der Waals surface area contributed by atoms with E-state index in [0.717, 1.165) is 11.1 Å². The van der Waals surface area contributed by atoms with E-state index in [0.29, 0.717) is 11.2 Å². The van der Waals surface area contributed by atoms with E-state index in [4.69, 9.17) is 0 Å². The number of hydrogen-bond acceptors (Lipinski definition) is 4. The Morgan fingerprint density at radius 3 is 2.57 bits per heavy atom. The molecule has 0 fully saturated rings. The first kappa shape index (κ1) is 13.5. The molecule has 0 unspecified atom stereocenters. The molecule has 6 heteroatoms. The summed E-state index contributed by atoms with van der Waals surface area (Å²) in [5, 5.41) is 0.875. The quantitative estimate of drug-likeness (QED) is 0.807. The highest BCUT2D eigenvalue weighted by atomic mass is 32.2. The molecule has 0 spiro atoms. The Labute approximate surface area is 122 Å². The topological polar surface area (TPSA) is 72.0 Å². The zero-order valence-electron chi connectivity index (χ0n) is 11.3. The van der Waals surface area contributed by atoms with Crippen molar-refractivity contribution in [3.05, 3.63) is 60.6 Å². The minimum Gasteiger partial charge on any atom is -0.277 e. The van der Waals surface area contributed by atoms with Crippen LogP contribution in [0, 0.1) is 6.92 Å². The molecule has 0 bridgehead atoms. The Kier molecular flexibility index (Phi) is 3.31. The minimum atomic E-state index is -3.67. The Bertz CT molecular complexity index is 885. The number of nitrogens with one attached hydrogen (secondary N) is 1. The second kappa shape index (κ2) is 5.14. The van der Waals surface area contributed by atoms with Gasteiger partial charge in [0.05, 0.1) is 11.2 Å². The van der Waals surface area contributed by atoms with Crippen molar-refractivity contribution in [1.82, 2.24) is 9.97 Å². The minimum absolute atomic E-state index is 0.126. The van der Waals surface area contributed by atoms with Crippen LogP contribution >= 0.6 is 0 Å². The van der Waals surface area contributed by atoms with Gasteiger partial charge in [0.15, 0.2) is 0 Å². The maximum atomic E-state index is 12.4. The highest BCUT2D eigenvalue weighted by Gasteiger charge is 2.16. The molecular formula is C15H13N3O2S. The fraction of sp³-hybridized carbons (Fsp3) is 0.0667. The first-order chi connectivity index (χ1) is 10.1. The molecule has 1 aromatic carbocycles. The number of hydrogen-bond donors (Lipinski definition) is 1. The maximum Gasteiger partial charge on any atom is 0.263 e. The average Bonchev–Trinajstić information content (AvgIpc) is 2.48. The number of aryl methyl sites for hydroxylation is 1. The standard InChI is InChI=1S/C15H13N3O2S/c1-11-7-8-13(10-17-11)21(19,20)18-14-6-2-4-12-5-3-9-16-15(12)14/h2-10,18H,1H3. The molecule has 0 radical (unpaired) electrons. The lowest BCUT2D eigenvalue weighted by molar-refractivity contribution is 0.601. The van der Waals surface area contributed by atoms with Gasteiger partial charge in [-0.2, -0.15) is 0 Å². The van der Waals surface area contributed by atoms with Gasteiger partial charge >= 0.3 is 0 Å². The van der Waals surface area contributed by atoms with Crippen LogP contribution in [-0.4, -0.2) is 18.4 Å². The van der Waals surface area contributed by atoms with Gasteiger partial charge < -0.3 is 0 Å². The number of sulfonamides is 1. The van der Waals surface area contributed by atoms with Gasteiger partial charge in [-0.1, -0.05) is 18.2 Å². The van der Waals surface area contributed by atoms with Crippen molar-refractivity contribution in [1.29, 1.82) is 0 Å². The third kappa shape index (κ3) is 2.71. The number of nitrogens with zero attached hydrogens (tertiary/aromatic N) is 2. The normalized spacial score (nSPS) is 11.5. The summed E-state index contributed by atoms with van der Waals surface area (Å²) < 4.78 is 27.3. The molecule has 2 aromatic heterocycles. The van der Waals surface area contributed by atoms with Crippen LogP contribution in [-0.2, 0) is 10.0 Å². The van der Waals surface area contributed by atoms with Crippen molar-refractivity contribution in [2.24, 2.45) is 0 Å². The lowest BCUT2D eigenvalue weighted by atomic mass is 10.2. The van der Waals surface area contributed by atoms with Gasteiger partial charge in [0.1, 0.15) is 4.90 Å². The summed E-state index contributed by atoms with van der Waals surface area (Å²) in [6, 6.07) is 12.2. The summed E-state index contributed by atoms with van der Waals surface area (Å²) in [6.45, 7) is 1.80. The number of aromatic nitrogens is 2. The number of pyridine rings is 2. The van der Waals surface area contributed by atoms with Crippen LogP contribution in [0.5, 0.6) is 0 Å². The second-order valence-corrected chi connectivity index (χ2v) is 6.30. The van der Waals surface area contributed by atoms with Crippen LogP contribution < -0.4 is 4.72 Å². The van der Waals surface area contributed by atoms with Crippen LogP contribution in [0.1, 0.15) is 5.69 Å². The number of benzene rings is 1. The summed E-state index contributed by atoms with van der Waals surface area (Å²) in [5.74, 6) is 0. The molecule has 0 saturated heterocycles. The third-order valence-electron chi connectivity index (χ3n) is 3.07. The molecule has 21 heavy (non-hydrogen) atoms.